The molecule has 0 spiro atoms. The molecule has 0 aliphatic carbocycles. The van der Waals surface area contributed by atoms with Crippen molar-refractivity contribution in [2.45, 2.75) is 13.5 Å². The van der Waals surface area contributed by atoms with Crippen LogP contribution in [-0.4, -0.2) is 20.4 Å². The van der Waals surface area contributed by atoms with E-state index in [1.165, 1.54) is 11.3 Å². The Bertz CT molecular complexity index is 734. The Hall–Kier alpha value is -2.47. The maximum absolute atomic E-state index is 12.3. The molecule has 0 radical (unpaired) electrons. The van der Waals surface area contributed by atoms with Crippen LogP contribution in [0.15, 0.2) is 49.1 Å². The van der Waals surface area contributed by atoms with Gasteiger partial charge in [-0.3, -0.25) is 9.78 Å². The van der Waals surface area contributed by atoms with E-state index < -0.39 is 0 Å². The van der Waals surface area contributed by atoms with E-state index in [1.807, 2.05) is 48.1 Å². The first kappa shape index (κ1) is 13.5. The van der Waals surface area contributed by atoms with Gasteiger partial charge >= 0.3 is 0 Å². The lowest BCUT2D eigenvalue weighted by Gasteiger charge is -2.03. The summed E-state index contributed by atoms with van der Waals surface area (Å²) in [7, 11) is 0. The molecule has 1 amide bonds. The van der Waals surface area contributed by atoms with Crippen molar-refractivity contribution >= 4 is 17.2 Å². The van der Waals surface area contributed by atoms with Crippen LogP contribution in [0.5, 0.6) is 0 Å². The number of hydrogen-bond donors (Lipinski definition) is 1. The Morgan fingerprint density at radius 2 is 2.00 bits per heavy atom. The number of nitrogens with zero attached hydrogens (tertiary/aromatic N) is 3. The molecule has 1 N–H and O–H groups in total. The highest BCUT2D eigenvalue weighted by atomic mass is 32.1. The number of aryl methyl sites for hydroxylation is 1. The number of carbonyl (C=O) groups is 1. The van der Waals surface area contributed by atoms with E-state index in [-0.39, 0.29) is 5.91 Å². The first-order valence-corrected chi connectivity index (χ1v) is 7.33. The third-order valence-corrected chi connectivity index (χ3v) is 4.19. The summed E-state index contributed by atoms with van der Waals surface area (Å²) in [5.74, 6) is -0.0970. The Morgan fingerprint density at radius 1 is 1.29 bits per heavy atom. The van der Waals surface area contributed by atoms with Crippen LogP contribution >= 0.6 is 11.3 Å². The van der Waals surface area contributed by atoms with Crippen molar-refractivity contribution in [3.8, 4) is 5.13 Å². The molecule has 6 heteroatoms. The molecule has 21 heavy (non-hydrogen) atoms. The lowest BCUT2D eigenvalue weighted by molar-refractivity contribution is 0.0954. The third kappa shape index (κ3) is 3.00. The molecule has 0 unspecified atom stereocenters. The number of nitrogens with one attached hydrogen (secondary N) is 1. The van der Waals surface area contributed by atoms with Crippen molar-refractivity contribution in [1.29, 1.82) is 0 Å². The van der Waals surface area contributed by atoms with Gasteiger partial charge in [0, 0.05) is 31.3 Å². The zero-order valence-electron chi connectivity index (χ0n) is 11.5. The molecular weight excluding hydrogens is 284 g/mol. The van der Waals surface area contributed by atoms with Gasteiger partial charge in [-0.2, -0.15) is 0 Å². The van der Waals surface area contributed by atoms with Crippen LogP contribution in [0.25, 0.3) is 5.13 Å². The van der Waals surface area contributed by atoms with Crippen molar-refractivity contribution in [3.63, 3.8) is 0 Å². The minimum absolute atomic E-state index is 0.0970. The van der Waals surface area contributed by atoms with Gasteiger partial charge in [0.15, 0.2) is 5.13 Å². The Morgan fingerprint density at radius 3 is 2.71 bits per heavy atom. The highest BCUT2D eigenvalue weighted by molar-refractivity contribution is 7.16. The van der Waals surface area contributed by atoms with E-state index in [1.54, 1.807) is 12.4 Å². The molecule has 3 heterocycles. The van der Waals surface area contributed by atoms with Gasteiger partial charge in [0.25, 0.3) is 5.91 Å². The number of amides is 1. The normalized spacial score (nSPS) is 10.5. The number of pyridine rings is 1. The SMILES string of the molecule is Cc1nc(-n2cccc2)sc1C(=O)NCc1ccncc1. The lowest BCUT2D eigenvalue weighted by Crippen LogP contribution is -2.22. The quantitative estimate of drug-likeness (QED) is 0.805. The van der Waals surface area contributed by atoms with Gasteiger partial charge in [0.2, 0.25) is 0 Å². The number of rotatable bonds is 4. The Kier molecular flexibility index (Phi) is 3.79. The fourth-order valence-corrected chi connectivity index (χ4v) is 2.88. The van der Waals surface area contributed by atoms with Gasteiger partial charge in [0.05, 0.1) is 5.69 Å². The van der Waals surface area contributed by atoms with Crippen LogP contribution in [-0.2, 0) is 6.54 Å². The molecular formula is C15H14N4OS. The van der Waals surface area contributed by atoms with E-state index in [2.05, 4.69) is 15.3 Å². The molecule has 0 saturated carbocycles. The molecule has 3 rings (SSSR count). The molecule has 0 saturated heterocycles. The van der Waals surface area contributed by atoms with Crippen molar-refractivity contribution in [3.05, 3.63) is 65.2 Å². The fraction of sp³-hybridized carbons (Fsp3) is 0.133. The van der Waals surface area contributed by atoms with Crippen LogP contribution in [0, 0.1) is 6.92 Å². The van der Waals surface area contributed by atoms with E-state index in [0.717, 1.165) is 16.4 Å². The average Bonchev–Trinajstić information content (AvgIpc) is 3.15. The first-order valence-electron chi connectivity index (χ1n) is 6.52. The summed E-state index contributed by atoms with van der Waals surface area (Å²) in [6.45, 7) is 2.34. The predicted molar refractivity (Wildman–Crippen MR) is 81.6 cm³/mol. The summed E-state index contributed by atoms with van der Waals surface area (Å²) in [5.41, 5.74) is 1.77. The molecule has 106 valence electrons. The monoisotopic (exact) mass is 298 g/mol. The topological polar surface area (TPSA) is 59.8 Å². The van der Waals surface area contributed by atoms with Crippen molar-refractivity contribution in [2.24, 2.45) is 0 Å². The van der Waals surface area contributed by atoms with Gasteiger partial charge in [-0.05, 0) is 36.8 Å². The summed E-state index contributed by atoms with van der Waals surface area (Å²) >= 11 is 1.39. The average molecular weight is 298 g/mol. The summed E-state index contributed by atoms with van der Waals surface area (Å²) in [6, 6.07) is 7.62. The number of aromatic nitrogens is 3. The summed E-state index contributed by atoms with van der Waals surface area (Å²) in [5, 5.41) is 3.71. The molecule has 3 aromatic rings. The van der Waals surface area contributed by atoms with Crippen LogP contribution in [0.2, 0.25) is 0 Å². The minimum Gasteiger partial charge on any atom is -0.347 e. The van der Waals surface area contributed by atoms with Crippen LogP contribution in [0.4, 0.5) is 0 Å². The molecule has 0 aromatic carbocycles. The molecule has 0 aliphatic rings. The molecule has 0 bridgehead atoms. The predicted octanol–water partition coefficient (Wildman–Crippen LogP) is 2.57. The number of carbonyl (C=O) groups excluding carboxylic acids is 1. The van der Waals surface area contributed by atoms with Crippen molar-refractivity contribution < 1.29 is 4.79 Å². The minimum atomic E-state index is -0.0970. The smallest absolute Gasteiger partial charge is 0.263 e. The summed E-state index contributed by atoms with van der Waals surface area (Å²) in [6.07, 6.45) is 7.25. The van der Waals surface area contributed by atoms with Gasteiger partial charge in [0.1, 0.15) is 4.88 Å². The van der Waals surface area contributed by atoms with Gasteiger partial charge in [-0.15, -0.1) is 0 Å². The third-order valence-electron chi connectivity index (χ3n) is 3.02. The van der Waals surface area contributed by atoms with Crippen LogP contribution in [0.1, 0.15) is 20.9 Å². The second-order valence-electron chi connectivity index (χ2n) is 4.54. The van der Waals surface area contributed by atoms with Crippen molar-refractivity contribution in [2.75, 3.05) is 0 Å². The molecule has 3 aromatic heterocycles. The van der Waals surface area contributed by atoms with E-state index in [4.69, 9.17) is 0 Å². The zero-order valence-corrected chi connectivity index (χ0v) is 12.3. The zero-order chi connectivity index (χ0) is 14.7. The molecule has 0 fully saturated rings. The van der Waals surface area contributed by atoms with Crippen LogP contribution in [0.3, 0.4) is 0 Å². The van der Waals surface area contributed by atoms with Gasteiger partial charge in [-0.25, -0.2) is 4.98 Å². The summed E-state index contributed by atoms with van der Waals surface area (Å²) < 4.78 is 1.90. The van der Waals surface area contributed by atoms with Crippen LogP contribution < -0.4 is 5.32 Å². The lowest BCUT2D eigenvalue weighted by atomic mass is 10.2. The van der Waals surface area contributed by atoms with Gasteiger partial charge < -0.3 is 9.88 Å². The first-order chi connectivity index (χ1) is 10.2. The Balaban J connectivity index is 1.73. The van der Waals surface area contributed by atoms with E-state index in [9.17, 15) is 4.79 Å². The molecule has 0 aliphatic heterocycles. The van der Waals surface area contributed by atoms with Crippen molar-refractivity contribution in [1.82, 2.24) is 19.9 Å². The molecule has 5 nitrogen and oxygen atoms in total. The number of hydrogen-bond acceptors (Lipinski definition) is 4. The highest BCUT2D eigenvalue weighted by Crippen LogP contribution is 2.21. The second kappa shape index (κ2) is 5.88. The molecule has 0 atom stereocenters. The fourth-order valence-electron chi connectivity index (χ4n) is 1.93. The van der Waals surface area contributed by atoms with E-state index >= 15 is 0 Å². The summed E-state index contributed by atoms with van der Waals surface area (Å²) in [4.78, 5) is 21.3. The number of thiazole rings is 1. The maximum atomic E-state index is 12.3. The standard InChI is InChI=1S/C15H14N4OS/c1-11-13(21-15(18-11)19-8-2-3-9-19)14(20)17-10-12-4-6-16-7-5-12/h2-9H,10H2,1H3,(H,17,20). The maximum Gasteiger partial charge on any atom is 0.263 e. The largest absolute Gasteiger partial charge is 0.347 e. The van der Waals surface area contributed by atoms with E-state index in [0.29, 0.717) is 11.4 Å². The second-order valence-corrected chi connectivity index (χ2v) is 5.52. The van der Waals surface area contributed by atoms with Gasteiger partial charge in [-0.1, -0.05) is 11.3 Å². The highest BCUT2D eigenvalue weighted by Gasteiger charge is 2.15. The Labute approximate surface area is 126 Å².